The van der Waals surface area contributed by atoms with E-state index < -0.39 is 17.8 Å². The van der Waals surface area contributed by atoms with E-state index in [1.165, 1.54) is 18.9 Å². The molecule has 0 bridgehead atoms. The predicted octanol–water partition coefficient (Wildman–Crippen LogP) is 4.27. The molecule has 1 aromatic carbocycles. The van der Waals surface area contributed by atoms with Crippen LogP contribution >= 0.6 is 0 Å². The topological polar surface area (TPSA) is 70.6 Å². The molecule has 0 radical (unpaired) electrons. The van der Waals surface area contributed by atoms with Crippen molar-refractivity contribution in [1.82, 2.24) is 20.4 Å². The van der Waals surface area contributed by atoms with Gasteiger partial charge in [-0.1, -0.05) is 31.0 Å². The molecular formula is C23H28F3N5O2. The fourth-order valence-electron chi connectivity index (χ4n) is 4.11. The lowest BCUT2D eigenvalue weighted by molar-refractivity contribution is -0.138. The fourth-order valence-corrected chi connectivity index (χ4v) is 4.11. The van der Waals surface area contributed by atoms with Gasteiger partial charge in [0, 0.05) is 44.8 Å². The van der Waals surface area contributed by atoms with Gasteiger partial charge in [0.1, 0.15) is 0 Å². The van der Waals surface area contributed by atoms with Gasteiger partial charge in [-0.05, 0) is 37.0 Å². The van der Waals surface area contributed by atoms with Gasteiger partial charge in [-0.25, -0.2) is 4.79 Å². The molecule has 1 aliphatic heterocycles. The van der Waals surface area contributed by atoms with E-state index in [9.17, 15) is 18.0 Å². The summed E-state index contributed by atoms with van der Waals surface area (Å²) in [5, 5.41) is 10.8. The minimum absolute atomic E-state index is 0.124. The van der Waals surface area contributed by atoms with Crippen molar-refractivity contribution in [2.24, 2.45) is 5.92 Å². The fraction of sp³-hybridized carbons (Fsp3) is 0.522. The molecule has 4 rings (SSSR count). The maximum Gasteiger partial charge on any atom is 0.416 e. The molecule has 1 unspecified atom stereocenters. The number of alkyl halides is 3. The van der Waals surface area contributed by atoms with Gasteiger partial charge in [0.15, 0.2) is 5.82 Å². The predicted molar refractivity (Wildman–Crippen MR) is 117 cm³/mol. The second kappa shape index (κ2) is 9.94. The number of rotatable bonds is 7. The normalized spacial score (nSPS) is 18.1. The summed E-state index contributed by atoms with van der Waals surface area (Å²) in [5.74, 6) is 1.49. The Kier molecular flexibility index (Phi) is 7.02. The molecule has 2 fully saturated rings. The minimum Gasteiger partial charge on any atom is -0.390 e. The van der Waals surface area contributed by atoms with E-state index in [1.807, 2.05) is 16.7 Å². The van der Waals surface area contributed by atoms with Crippen LogP contribution in [0, 0.1) is 5.92 Å². The van der Waals surface area contributed by atoms with Crippen LogP contribution in [0.2, 0.25) is 0 Å². The summed E-state index contributed by atoms with van der Waals surface area (Å²) in [6, 6.07) is 8.71. The van der Waals surface area contributed by atoms with Crippen LogP contribution in [0.3, 0.4) is 0 Å². The zero-order chi connectivity index (χ0) is 23.4. The van der Waals surface area contributed by atoms with E-state index in [0.29, 0.717) is 38.5 Å². The van der Waals surface area contributed by atoms with Crippen molar-refractivity contribution in [3.63, 3.8) is 0 Å². The lowest BCUT2D eigenvalue weighted by atomic mass is 9.99. The van der Waals surface area contributed by atoms with Gasteiger partial charge in [-0.15, -0.1) is 10.2 Å². The average Bonchev–Trinajstić information content (AvgIpc) is 3.63. The summed E-state index contributed by atoms with van der Waals surface area (Å²) in [6.45, 7) is 4.80. The van der Waals surface area contributed by atoms with Gasteiger partial charge in [0.2, 0.25) is 5.88 Å². The number of hydrogen-bond acceptors (Lipinski definition) is 6. The Hall–Kier alpha value is -2.88. The Labute approximate surface area is 190 Å². The standard InChI is InChI=1S/C23H28F3N5O2/c1-16(18-4-2-3-5-19(18)23(24,25)26)30-12-14-31(15-13-30)20-8-9-21(29-28-20)33-22(32)27-11-10-17-6-7-17/h2-5,8-9,16-17H,6-7,10-15H2,1H3,(H,27,32). The summed E-state index contributed by atoms with van der Waals surface area (Å²) in [7, 11) is 0. The molecule has 178 valence electrons. The molecule has 33 heavy (non-hydrogen) atoms. The summed E-state index contributed by atoms with van der Waals surface area (Å²) in [6.07, 6.45) is -1.48. The van der Waals surface area contributed by atoms with Crippen molar-refractivity contribution in [2.75, 3.05) is 37.6 Å². The summed E-state index contributed by atoms with van der Waals surface area (Å²) in [4.78, 5) is 15.9. The lowest BCUT2D eigenvalue weighted by Gasteiger charge is -2.39. The molecule has 1 N–H and O–H groups in total. The van der Waals surface area contributed by atoms with Gasteiger partial charge >= 0.3 is 12.3 Å². The van der Waals surface area contributed by atoms with Crippen LogP contribution in [0.15, 0.2) is 36.4 Å². The molecule has 2 heterocycles. The number of anilines is 1. The molecule has 1 saturated heterocycles. The van der Waals surface area contributed by atoms with Gasteiger partial charge in [-0.3, -0.25) is 4.90 Å². The molecule has 1 aliphatic carbocycles. The highest BCUT2D eigenvalue weighted by Gasteiger charge is 2.35. The summed E-state index contributed by atoms with van der Waals surface area (Å²) in [5.41, 5.74) is -0.298. The lowest BCUT2D eigenvalue weighted by Crippen LogP contribution is -2.47. The highest BCUT2D eigenvalue weighted by Crippen LogP contribution is 2.36. The Balaban J connectivity index is 1.28. The number of carbonyl (C=O) groups is 1. The number of piperazine rings is 1. The Morgan fingerprint density at radius 1 is 1.12 bits per heavy atom. The monoisotopic (exact) mass is 463 g/mol. The SMILES string of the molecule is CC(c1ccccc1C(F)(F)F)N1CCN(c2ccc(OC(=O)NCCC3CC3)nn2)CC1. The van der Waals surface area contributed by atoms with Crippen molar-refractivity contribution in [3.8, 4) is 5.88 Å². The third-order valence-corrected chi connectivity index (χ3v) is 6.24. The molecule has 10 heteroatoms. The molecule has 7 nitrogen and oxygen atoms in total. The third kappa shape index (κ3) is 6.13. The van der Waals surface area contributed by atoms with Crippen LogP contribution in [0.5, 0.6) is 5.88 Å². The number of halogens is 3. The molecule has 2 aliphatic rings. The number of ether oxygens (including phenoxy) is 1. The second-order valence-electron chi connectivity index (χ2n) is 8.56. The highest BCUT2D eigenvalue weighted by atomic mass is 19.4. The smallest absolute Gasteiger partial charge is 0.390 e. The quantitative estimate of drug-likeness (QED) is 0.662. The van der Waals surface area contributed by atoms with E-state index >= 15 is 0 Å². The first-order valence-corrected chi connectivity index (χ1v) is 11.3. The third-order valence-electron chi connectivity index (χ3n) is 6.24. The zero-order valence-corrected chi connectivity index (χ0v) is 18.5. The molecule has 1 aromatic heterocycles. The largest absolute Gasteiger partial charge is 0.416 e. The zero-order valence-electron chi connectivity index (χ0n) is 18.5. The van der Waals surface area contributed by atoms with E-state index in [4.69, 9.17) is 4.74 Å². The van der Waals surface area contributed by atoms with Crippen molar-refractivity contribution in [2.45, 2.75) is 38.4 Å². The molecule has 2 aromatic rings. The number of amides is 1. The maximum atomic E-state index is 13.4. The number of nitrogens with zero attached hydrogens (tertiary/aromatic N) is 4. The Morgan fingerprint density at radius 3 is 2.48 bits per heavy atom. The van der Waals surface area contributed by atoms with Gasteiger partial charge < -0.3 is 15.0 Å². The van der Waals surface area contributed by atoms with Crippen molar-refractivity contribution in [1.29, 1.82) is 0 Å². The van der Waals surface area contributed by atoms with E-state index in [0.717, 1.165) is 18.4 Å². The van der Waals surface area contributed by atoms with Crippen LogP contribution in [-0.4, -0.2) is 53.9 Å². The van der Waals surface area contributed by atoms with Crippen LogP contribution in [-0.2, 0) is 6.18 Å². The Bertz CT molecular complexity index is 942. The molecule has 1 amide bonds. The first-order chi connectivity index (χ1) is 15.8. The maximum absolute atomic E-state index is 13.4. The molecule has 1 atom stereocenters. The van der Waals surface area contributed by atoms with E-state index in [2.05, 4.69) is 15.5 Å². The Morgan fingerprint density at radius 2 is 1.85 bits per heavy atom. The van der Waals surface area contributed by atoms with Gasteiger partial charge in [0.05, 0.1) is 5.56 Å². The van der Waals surface area contributed by atoms with Crippen LogP contribution in [0.4, 0.5) is 23.8 Å². The number of nitrogens with one attached hydrogen (secondary N) is 1. The molecule has 1 saturated carbocycles. The second-order valence-corrected chi connectivity index (χ2v) is 8.56. The van der Waals surface area contributed by atoms with Crippen molar-refractivity contribution >= 4 is 11.9 Å². The van der Waals surface area contributed by atoms with Crippen LogP contribution in [0.1, 0.15) is 43.4 Å². The van der Waals surface area contributed by atoms with Crippen molar-refractivity contribution in [3.05, 3.63) is 47.5 Å². The number of benzene rings is 1. The average molecular weight is 464 g/mol. The number of hydrogen-bond donors (Lipinski definition) is 1. The first kappa shape index (κ1) is 23.3. The summed E-state index contributed by atoms with van der Waals surface area (Å²) < 4.78 is 45.3. The van der Waals surface area contributed by atoms with E-state index in [-0.39, 0.29) is 17.5 Å². The van der Waals surface area contributed by atoms with Crippen LogP contribution in [0.25, 0.3) is 0 Å². The molecular weight excluding hydrogens is 435 g/mol. The van der Waals surface area contributed by atoms with E-state index in [1.54, 1.807) is 24.3 Å². The van der Waals surface area contributed by atoms with Crippen LogP contribution < -0.4 is 15.0 Å². The minimum atomic E-state index is -4.37. The van der Waals surface area contributed by atoms with Gasteiger partial charge in [-0.2, -0.15) is 13.2 Å². The molecule has 0 spiro atoms. The van der Waals surface area contributed by atoms with Crippen molar-refractivity contribution < 1.29 is 22.7 Å². The first-order valence-electron chi connectivity index (χ1n) is 11.3. The number of carbonyl (C=O) groups excluding carboxylic acids is 1. The summed E-state index contributed by atoms with van der Waals surface area (Å²) >= 11 is 0. The number of aromatic nitrogens is 2. The highest BCUT2D eigenvalue weighted by molar-refractivity contribution is 5.69. The van der Waals surface area contributed by atoms with Gasteiger partial charge in [0.25, 0.3) is 0 Å².